The summed E-state index contributed by atoms with van der Waals surface area (Å²) in [5, 5.41) is 3.58. The smallest absolute Gasteiger partial charge is 0.219 e. The van der Waals surface area contributed by atoms with Crippen molar-refractivity contribution in [2.45, 2.75) is 105 Å². The lowest BCUT2D eigenvalue weighted by Gasteiger charge is -2.37. The number of amides is 1. The van der Waals surface area contributed by atoms with E-state index in [-0.39, 0.29) is 11.9 Å². The van der Waals surface area contributed by atoms with Gasteiger partial charge in [-0.25, -0.2) is 9.97 Å². The Bertz CT molecular complexity index is 1280. The van der Waals surface area contributed by atoms with Crippen LogP contribution in [0.4, 0.5) is 5.82 Å². The first-order chi connectivity index (χ1) is 21.5. The maximum absolute atomic E-state index is 12.0. The van der Waals surface area contributed by atoms with E-state index in [0.29, 0.717) is 25.1 Å². The molecule has 2 aliphatic carbocycles. The zero-order chi connectivity index (χ0) is 31.6. The summed E-state index contributed by atoms with van der Waals surface area (Å²) in [5.41, 5.74) is 3.01. The number of aryl methyl sites for hydroxylation is 1. The summed E-state index contributed by atoms with van der Waals surface area (Å²) < 4.78 is 12.3. The van der Waals surface area contributed by atoms with Crippen molar-refractivity contribution in [1.82, 2.24) is 19.9 Å². The number of unbranched alkanes of at least 4 members (excludes halogenated alkanes) is 1. The molecule has 1 unspecified atom stereocenters. The highest BCUT2D eigenvalue weighted by Gasteiger charge is 2.26. The highest BCUT2D eigenvalue weighted by molar-refractivity contribution is 5.73. The van der Waals surface area contributed by atoms with Gasteiger partial charge >= 0.3 is 0 Å². The normalized spacial score (nSPS) is 18.6. The van der Waals surface area contributed by atoms with Gasteiger partial charge in [-0.05, 0) is 101 Å². The summed E-state index contributed by atoms with van der Waals surface area (Å²) in [6.45, 7) is 11.6. The lowest BCUT2D eigenvalue weighted by Crippen LogP contribution is -2.43. The number of hydrogen-bond donors (Lipinski definition) is 1. The molecule has 0 saturated heterocycles. The van der Waals surface area contributed by atoms with Crippen molar-refractivity contribution < 1.29 is 14.3 Å². The van der Waals surface area contributed by atoms with Gasteiger partial charge in [-0.1, -0.05) is 32.1 Å². The van der Waals surface area contributed by atoms with Crippen molar-refractivity contribution in [3.05, 3.63) is 89.9 Å². The lowest BCUT2D eigenvalue weighted by atomic mass is 9.91. The number of carbonyl (C=O) groups is 1. The lowest BCUT2D eigenvalue weighted by molar-refractivity contribution is -0.132. The van der Waals surface area contributed by atoms with Crippen LogP contribution < -0.4 is 10.1 Å². The van der Waals surface area contributed by atoms with Gasteiger partial charge in [0, 0.05) is 43.5 Å². The van der Waals surface area contributed by atoms with E-state index in [4.69, 9.17) is 9.47 Å². The van der Waals surface area contributed by atoms with Gasteiger partial charge in [-0.15, -0.1) is 0 Å². The minimum Gasteiger partial charge on any atom is -0.493 e. The van der Waals surface area contributed by atoms with Gasteiger partial charge in [-0.2, -0.15) is 0 Å². The summed E-state index contributed by atoms with van der Waals surface area (Å²) in [4.78, 5) is 27.5. The molecule has 8 nitrogen and oxygen atoms in total. The quantitative estimate of drug-likeness (QED) is 0.247. The Labute approximate surface area is 264 Å². The molecule has 8 heteroatoms. The second kappa shape index (κ2) is 19.4. The zero-order valence-corrected chi connectivity index (χ0v) is 27.3. The van der Waals surface area contributed by atoms with Crippen LogP contribution in [-0.4, -0.2) is 51.0 Å². The molecular formula is C36H51N5O3. The molecule has 1 atom stereocenters. The monoisotopic (exact) mass is 601 g/mol. The first-order valence-corrected chi connectivity index (χ1v) is 16.2. The summed E-state index contributed by atoms with van der Waals surface area (Å²) in [6.07, 6.45) is 15.8. The average molecular weight is 602 g/mol. The van der Waals surface area contributed by atoms with E-state index in [1.807, 2.05) is 68.1 Å². The number of ether oxygens (including phenoxy) is 2. The Hall–Kier alpha value is -3.94. The molecule has 0 aromatic carbocycles. The van der Waals surface area contributed by atoms with Crippen molar-refractivity contribution >= 4 is 11.7 Å². The number of allylic oxidation sites excluding steroid dienone is 2. The number of aromatic nitrogens is 3. The molecular weight excluding hydrogens is 550 g/mol. The van der Waals surface area contributed by atoms with E-state index in [0.717, 1.165) is 74.4 Å². The number of nitrogens with one attached hydrogen (secondary N) is 1. The largest absolute Gasteiger partial charge is 0.493 e. The Morgan fingerprint density at radius 2 is 1.82 bits per heavy atom. The molecule has 0 bridgehead atoms. The minimum atomic E-state index is 0.0730. The van der Waals surface area contributed by atoms with Crippen LogP contribution in [0.15, 0.2) is 78.5 Å². The second-order valence-corrected chi connectivity index (χ2v) is 11.1. The summed E-state index contributed by atoms with van der Waals surface area (Å²) in [7, 11) is 0. The fourth-order valence-electron chi connectivity index (χ4n) is 5.04. The van der Waals surface area contributed by atoms with Crippen molar-refractivity contribution in [2.75, 3.05) is 18.5 Å². The number of pyridine rings is 1. The minimum absolute atomic E-state index is 0.0730. The fraction of sp³-hybridized carbons (Fsp3) is 0.500. The molecule has 1 amide bonds. The van der Waals surface area contributed by atoms with Crippen LogP contribution in [-0.2, 0) is 16.1 Å². The Kier molecular flexibility index (Phi) is 15.2. The number of nitrogens with zero attached hydrogens (tertiary/aromatic N) is 4. The highest BCUT2D eigenvalue weighted by atomic mass is 16.5. The number of anilines is 1. The third-order valence-electron chi connectivity index (χ3n) is 7.72. The van der Waals surface area contributed by atoms with Gasteiger partial charge in [0.2, 0.25) is 5.91 Å². The maximum Gasteiger partial charge on any atom is 0.219 e. The molecule has 0 spiro atoms. The van der Waals surface area contributed by atoms with Gasteiger partial charge in [0.15, 0.2) is 0 Å². The van der Waals surface area contributed by atoms with E-state index in [2.05, 4.69) is 39.3 Å². The molecule has 2 aliphatic rings. The van der Waals surface area contributed by atoms with Crippen molar-refractivity contribution in [3.8, 4) is 5.75 Å². The molecule has 1 N–H and O–H groups in total. The molecule has 0 radical (unpaired) electrons. The SMILES string of the molecule is CC.CC(=O)N(CCCCOc1cccc(C)ncnc(NC2/C=C\C(OCc3ccccn3)=C(\C)CCC2)c1)C1CCC1. The fourth-order valence-corrected chi connectivity index (χ4v) is 5.04. The third kappa shape index (κ3) is 12.0. The molecule has 1 fully saturated rings. The van der Waals surface area contributed by atoms with Crippen molar-refractivity contribution in [1.29, 1.82) is 0 Å². The van der Waals surface area contributed by atoms with Crippen LogP contribution in [0.2, 0.25) is 0 Å². The van der Waals surface area contributed by atoms with Crippen LogP contribution in [0.1, 0.15) is 90.4 Å². The van der Waals surface area contributed by atoms with E-state index >= 15 is 0 Å². The van der Waals surface area contributed by atoms with E-state index in [1.165, 1.54) is 12.0 Å². The second-order valence-electron chi connectivity index (χ2n) is 11.1. The molecule has 1 saturated carbocycles. The van der Waals surface area contributed by atoms with Crippen LogP contribution >= 0.6 is 0 Å². The van der Waals surface area contributed by atoms with Crippen LogP contribution in [0, 0.1) is 6.92 Å². The molecule has 0 aliphatic heterocycles. The van der Waals surface area contributed by atoms with Gasteiger partial charge in [0.1, 0.15) is 30.3 Å². The topological polar surface area (TPSA) is 89.5 Å². The first kappa shape index (κ1) is 34.5. The first-order valence-electron chi connectivity index (χ1n) is 16.2. The standard InChI is InChI=1S/C34H45N5O3.C2H6/c1-26-11-8-14-29(18-19-33(26)42-24-30-13-4-5-20-35-30)38-34-23-32(17-9-12-27(2)36-25-37-34)41-22-7-6-21-39(28(3)40)31-15-10-16-31;1-2/h4-5,9,12-13,17-20,23,25,29,31H,6-8,10-11,14-16,21-22,24H2,1-3H3,(H,36,37,38);1-2H3/b19-18-,33-26+;. The summed E-state index contributed by atoms with van der Waals surface area (Å²) in [5.74, 6) is 2.49. The van der Waals surface area contributed by atoms with Crippen LogP contribution in [0.3, 0.4) is 0 Å². The molecule has 44 heavy (non-hydrogen) atoms. The summed E-state index contributed by atoms with van der Waals surface area (Å²) >= 11 is 0. The van der Waals surface area contributed by atoms with Gasteiger partial charge < -0.3 is 19.7 Å². The van der Waals surface area contributed by atoms with E-state index in [9.17, 15) is 4.79 Å². The predicted molar refractivity (Wildman–Crippen MR) is 178 cm³/mol. The Morgan fingerprint density at radius 1 is 0.977 bits per heavy atom. The van der Waals surface area contributed by atoms with Gasteiger partial charge in [-0.3, -0.25) is 9.78 Å². The van der Waals surface area contributed by atoms with Crippen molar-refractivity contribution in [3.63, 3.8) is 0 Å². The van der Waals surface area contributed by atoms with Gasteiger partial charge in [0.25, 0.3) is 0 Å². The Morgan fingerprint density at radius 3 is 2.55 bits per heavy atom. The summed E-state index contributed by atoms with van der Waals surface area (Å²) in [6, 6.07) is 14.1. The van der Waals surface area contributed by atoms with Crippen LogP contribution in [0.5, 0.6) is 5.75 Å². The molecule has 4 rings (SSSR count). The maximum atomic E-state index is 12.0. The van der Waals surface area contributed by atoms with E-state index in [1.54, 1.807) is 19.4 Å². The molecule has 2 aromatic heterocycles. The molecule has 238 valence electrons. The predicted octanol–water partition coefficient (Wildman–Crippen LogP) is 7.90. The Balaban J connectivity index is 0.00000259. The average Bonchev–Trinajstić information content (AvgIpc) is 2.99. The number of carbonyl (C=O) groups excluding carboxylic acids is 1. The highest BCUT2D eigenvalue weighted by Crippen LogP contribution is 2.25. The van der Waals surface area contributed by atoms with Crippen LogP contribution in [0.25, 0.3) is 0 Å². The number of hydrogen-bond acceptors (Lipinski definition) is 7. The van der Waals surface area contributed by atoms with E-state index < -0.39 is 0 Å². The third-order valence-corrected chi connectivity index (χ3v) is 7.72. The van der Waals surface area contributed by atoms with Crippen molar-refractivity contribution in [2.24, 2.45) is 0 Å². The molecule has 2 heterocycles. The number of rotatable bonds is 12. The van der Waals surface area contributed by atoms with Gasteiger partial charge in [0.05, 0.1) is 12.3 Å². The zero-order valence-electron chi connectivity index (χ0n) is 27.3. The molecule has 2 aromatic rings.